The van der Waals surface area contributed by atoms with E-state index < -0.39 is 0 Å². The van der Waals surface area contributed by atoms with Gasteiger partial charge in [-0.15, -0.1) is 22.7 Å². The molecule has 0 radical (unpaired) electrons. The number of halogens is 2. The van der Waals surface area contributed by atoms with Crippen molar-refractivity contribution in [1.82, 2.24) is 5.32 Å². The summed E-state index contributed by atoms with van der Waals surface area (Å²) in [6.07, 6.45) is 0. The highest BCUT2D eigenvalue weighted by molar-refractivity contribution is 7.12. The smallest absolute Gasteiger partial charge is 0.0794 e. The molecule has 2 aromatic rings. The fourth-order valence-electron chi connectivity index (χ4n) is 1.53. The molecule has 0 aliphatic carbocycles. The average Bonchev–Trinajstić information content (AvgIpc) is 2.84. The van der Waals surface area contributed by atoms with E-state index >= 15 is 0 Å². The molecule has 0 bridgehead atoms. The summed E-state index contributed by atoms with van der Waals surface area (Å²) in [7, 11) is 0. The van der Waals surface area contributed by atoms with Gasteiger partial charge in [-0.1, -0.05) is 30.1 Å². The number of hydrogen-bond acceptors (Lipinski definition) is 3. The van der Waals surface area contributed by atoms with Gasteiger partial charge in [-0.05, 0) is 29.4 Å². The van der Waals surface area contributed by atoms with Gasteiger partial charge in [0.05, 0.1) is 16.1 Å². The Labute approximate surface area is 113 Å². The van der Waals surface area contributed by atoms with E-state index in [1.165, 1.54) is 0 Å². The van der Waals surface area contributed by atoms with Crippen molar-refractivity contribution >= 4 is 45.9 Å². The molecule has 2 aromatic heterocycles. The molecule has 1 N–H and O–H groups in total. The maximum atomic E-state index is 6.17. The van der Waals surface area contributed by atoms with Crippen LogP contribution in [-0.2, 0) is 0 Å². The Bertz CT molecular complexity index is 424. The molecule has 0 atom stereocenters. The van der Waals surface area contributed by atoms with Crippen molar-refractivity contribution in [2.75, 3.05) is 6.54 Å². The third kappa shape index (κ3) is 2.44. The zero-order valence-corrected chi connectivity index (χ0v) is 11.8. The molecule has 0 saturated heterocycles. The maximum absolute atomic E-state index is 6.17. The first-order valence-corrected chi connectivity index (χ1v) is 7.44. The Balaban J connectivity index is 2.39. The van der Waals surface area contributed by atoms with Crippen molar-refractivity contribution in [1.29, 1.82) is 0 Å². The minimum atomic E-state index is 0.116. The van der Waals surface area contributed by atoms with Gasteiger partial charge in [0.15, 0.2) is 0 Å². The molecule has 0 aliphatic heterocycles. The molecule has 2 heterocycles. The van der Waals surface area contributed by atoms with Crippen LogP contribution in [0.5, 0.6) is 0 Å². The number of thiophene rings is 2. The van der Waals surface area contributed by atoms with Gasteiger partial charge in [-0.2, -0.15) is 0 Å². The number of hydrogen-bond donors (Lipinski definition) is 1. The van der Waals surface area contributed by atoms with Crippen LogP contribution < -0.4 is 5.32 Å². The molecule has 0 unspecified atom stereocenters. The monoisotopic (exact) mass is 291 g/mol. The minimum absolute atomic E-state index is 0.116. The van der Waals surface area contributed by atoms with Gasteiger partial charge in [0.25, 0.3) is 0 Å². The van der Waals surface area contributed by atoms with Gasteiger partial charge in [0.2, 0.25) is 0 Å². The van der Waals surface area contributed by atoms with Crippen LogP contribution in [0.4, 0.5) is 0 Å². The Hall–Kier alpha value is -0.0600. The van der Waals surface area contributed by atoms with E-state index in [4.69, 9.17) is 23.2 Å². The van der Waals surface area contributed by atoms with Gasteiger partial charge in [0.1, 0.15) is 0 Å². The summed E-state index contributed by atoms with van der Waals surface area (Å²) in [6.45, 7) is 2.96. The van der Waals surface area contributed by atoms with Crippen LogP contribution in [0.1, 0.15) is 22.7 Å². The number of rotatable bonds is 4. The van der Waals surface area contributed by atoms with Gasteiger partial charge in [0, 0.05) is 9.75 Å². The van der Waals surface area contributed by atoms with E-state index in [1.807, 2.05) is 22.9 Å². The van der Waals surface area contributed by atoms with E-state index in [1.54, 1.807) is 22.7 Å². The van der Waals surface area contributed by atoms with Gasteiger partial charge in [-0.3, -0.25) is 0 Å². The van der Waals surface area contributed by atoms with Gasteiger partial charge < -0.3 is 5.32 Å². The molecule has 0 aromatic carbocycles. The highest BCUT2D eigenvalue weighted by Gasteiger charge is 2.20. The summed E-state index contributed by atoms with van der Waals surface area (Å²) < 4.78 is 0. The first kappa shape index (κ1) is 12.4. The standard InChI is InChI=1S/C11H11Cl2NS2/c1-2-14-9(10-7(12)3-5-15-10)11-8(13)4-6-16-11/h3-6,9,14H,2H2,1H3. The van der Waals surface area contributed by atoms with E-state index in [9.17, 15) is 0 Å². The molecule has 16 heavy (non-hydrogen) atoms. The summed E-state index contributed by atoms with van der Waals surface area (Å²) in [5.41, 5.74) is 0. The third-order valence-electron chi connectivity index (χ3n) is 2.22. The van der Waals surface area contributed by atoms with Crippen molar-refractivity contribution in [3.63, 3.8) is 0 Å². The minimum Gasteiger partial charge on any atom is -0.305 e. The Kier molecular flexibility index (Phi) is 4.27. The summed E-state index contributed by atoms with van der Waals surface area (Å²) in [6, 6.07) is 3.96. The summed E-state index contributed by atoms with van der Waals surface area (Å²) in [5, 5.41) is 9.04. The van der Waals surface area contributed by atoms with E-state index in [0.29, 0.717) is 0 Å². The molecule has 1 nitrogen and oxygen atoms in total. The molecule has 0 fully saturated rings. The molecule has 5 heteroatoms. The van der Waals surface area contributed by atoms with Gasteiger partial charge >= 0.3 is 0 Å². The molecule has 0 spiro atoms. The van der Waals surface area contributed by atoms with Crippen molar-refractivity contribution in [2.45, 2.75) is 13.0 Å². The Morgan fingerprint density at radius 3 is 1.94 bits per heavy atom. The zero-order valence-electron chi connectivity index (χ0n) is 8.67. The average molecular weight is 292 g/mol. The lowest BCUT2D eigenvalue weighted by atomic mass is 10.2. The Morgan fingerprint density at radius 1 is 1.12 bits per heavy atom. The van der Waals surface area contributed by atoms with Crippen molar-refractivity contribution in [3.05, 3.63) is 42.7 Å². The lowest BCUT2D eigenvalue weighted by molar-refractivity contribution is 0.649. The third-order valence-corrected chi connectivity index (χ3v) is 5.07. The molecular weight excluding hydrogens is 281 g/mol. The quantitative estimate of drug-likeness (QED) is 0.852. The van der Waals surface area contributed by atoms with Crippen molar-refractivity contribution < 1.29 is 0 Å². The molecule has 0 aliphatic rings. The second kappa shape index (κ2) is 5.52. The zero-order chi connectivity index (χ0) is 11.5. The van der Waals surface area contributed by atoms with Gasteiger partial charge in [-0.25, -0.2) is 0 Å². The lowest BCUT2D eigenvalue weighted by Crippen LogP contribution is -2.20. The van der Waals surface area contributed by atoms with Crippen molar-refractivity contribution in [2.24, 2.45) is 0 Å². The van der Waals surface area contributed by atoms with E-state index in [2.05, 4.69) is 12.2 Å². The predicted molar refractivity (Wildman–Crippen MR) is 74.2 cm³/mol. The fourth-order valence-corrected chi connectivity index (χ4v) is 4.10. The fraction of sp³-hybridized carbons (Fsp3) is 0.273. The van der Waals surface area contributed by atoms with Crippen LogP contribution in [0.2, 0.25) is 10.0 Å². The van der Waals surface area contributed by atoms with Crippen LogP contribution >= 0.6 is 45.9 Å². The first-order valence-electron chi connectivity index (χ1n) is 4.93. The summed E-state index contributed by atoms with van der Waals surface area (Å²) in [4.78, 5) is 2.26. The van der Waals surface area contributed by atoms with Crippen LogP contribution in [0.25, 0.3) is 0 Å². The number of nitrogens with one attached hydrogen (secondary N) is 1. The van der Waals surface area contributed by atoms with Crippen LogP contribution in [-0.4, -0.2) is 6.54 Å². The molecule has 86 valence electrons. The van der Waals surface area contributed by atoms with Crippen molar-refractivity contribution in [3.8, 4) is 0 Å². The normalized spacial score (nSPS) is 11.2. The highest BCUT2D eigenvalue weighted by Crippen LogP contribution is 2.38. The summed E-state index contributed by atoms with van der Waals surface area (Å²) in [5.74, 6) is 0. The second-order valence-corrected chi connectivity index (χ2v) is 5.97. The maximum Gasteiger partial charge on any atom is 0.0794 e. The predicted octanol–water partition coefficient (Wildman–Crippen LogP) is 4.82. The van der Waals surface area contributed by atoms with Crippen LogP contribution in [0.3, 0.4) is 0 Å². The highest BCUT2D eigenvalue weighted by atomic mass is 35.5. The van der Waals surface area contributed by atoms with E-state index in [-0.39, 0.29) is 6.04 Å². The molecule has 0 amide bonds. The van der Waals surface area contributed by atoms with Crippen LogP contribution in [0, 0.1) is 0 Å². The topological polar surface area (TPSA) is 12.0 Å². The summed E-state index contributed by atoms with van der Waals surface area (Å²) >= 11 is 15.7. The Morgan fingerprint density at radius 2 is 1.62 bits per heavy atom. The lowest BCUT2D eigenvalue weighted by Gasteiger charge is -2.16. The molecule has 0 saturated carbocycles. The van der Waals surface area contributed by atoms with E-state index in [0.717, 1.165) is 26.3 Å². The largest absolute Gasteiger partial charge is 0.305 e. The SMILES string of the molecule is CCNC(c1sccc1Cl)c1sccc1Cl. The van der Waals surface area contributed by atoms with Crippen LogP contribution in [0.15, 0.2) is 22.9 Å². The first-order chi connectivity index (χ1) is 7.74. The molecular formula is C11H11Cl2NS2. The second-order valence-electron chi connectivity index (χ2n) is 3.26. The molecule has 2 rings (SSSR count).